The fourth-order valence-electron chi connectivity index (χ4n) is 1.60. The Morgan fingerprint density at radius 3 is 2.55 bits per heavy atom. The molecular weight excluding hydrogens is 262 g/mol. The van der Waals surface area contributed by atoms with Gasteiger partial charge in [-0.3, -0.25) is 4.79 Å². The summed E-state index contributed by atoms with van der Waals surface area (Å²) in [7, 11) is 1.51. The maximum atomic E-state index is 11.9. The third-order valence-electron chi connectivity index (χ3n) is 2.64. The Balaban J connectivity index is 3.05. The number of esters is 1. The highest BCUT2D eigenvalue weighted by atomic mass is 16.5. The molecule has 0 heterocycles. The quantitative estimate of drug-likeness (QED) is 0.801. The average molecular weight is 281 g/mol. The van der Waals surface area contributed by atoms with E-state index in [-0.39, 0.29) is 36.1 Å². The van der Waals surface area contributed by atoms with E-state index >= 15 is 0 Å². The number of anilines is 1. The van der Waals surface area contributed by atoms with Crippen molar-refractivity contribution >= 4 is 17.6 Å². The summed E-state index contributed by atoms with van der Waals surface area (Å²) < 4.78 is 9.98. The summed E-state index contributed by atoms with van der Waals surface area (Å²) in [6.07, 6.45) is 0. The van der Waals surface area contributed by atoms with Crippen LogP contribution < -0.4 is 4.90 Å². The van der Waals surface area contributed by atoms with Gasteiger partial charge in [-0.25, -0.2) is 4.79 Å². The molecule has 6 nitrogen and oxygen atoms in total. The fraction of sp³-hybridized carbons (Fsp3) is 0.429. The smallest absolute Gasteiger partial charge is 0.340 e. The van der Waals surface area contributed by atoms with E-state index in [1.807, 2.05) is 0 Å². The number of phenolic OH excluding ortho intramolecular Hbond substituents is 1. The molecule has 0 atom stereocenters. The maximum Gasteiger partial charge on any atom is 0.340 e. The van der Waals surface area contributed by atoms with Crippen molar-refractivity contribution in [3.8, 4) is 5.75 Å². The van der Waals surface area contributed by atoms with Gasteiger partial charge in [-0.05, 0) is 26.0 Å². The second kappa shape index (κ2) is 7.49. The molecule has 0 spiro atoms. The zero-order chi connectivity index (χ0) is 15.1. The Labute approximate surface area is 117 Å². The molecule has 0 aliphatic carbocycles. The van der Waals surface area contributed by atoms with Crippen LogP contribution in [0.4, 0.5) is 5.69 Å². The summed E-state index contributed by atoms with van der Waals surface area (Å²) in [4.78, 5) is 25.0. The van der Waals surface area contributed by atoms with Crippen LogP contribution in [-0.4, -0.2) is 43.9 Å². The molecule has 1 aromatic rings. The van der Waals surface area contributed by atoms with Crippen molar-refractivity contribution in [3.63, 3.8) is 0 Å². The molecule has 6 heteroatoms. The number of phenols is 1. The predicted molar refractivity (Wildman–Crippen MR) is 74.0 cm³/mol. The van der Waals surface area contributed by atoms with E-state index in [1.54, 1.807) is 13.8 Å². The highest BCUT2D eigenvalue weighted by molar-refractivity contribution is 6.03. The molecular formula is C14H19NO5. The van der Waals surface area contributed by atoms with Gasteiger partial charge >= 0.3 is 5.97 Å². The summed E-state index contributed by atoms with van der Waals surface area (Å²) in [5.74, 6) is -0.898. The van der Waals surface area contributed by atoms with Crippen molar-refractivity contribution in [3.05, 3.63) is 23.8 Å². The Bertz CT molecular complexity index is 486. The molecule has 0 radical (unpaired) electrons. The number of aromatic hydroxyl groups is 1. The van der Waals surface area contributed by atoms with E-state index in [0.717, 1.165) is 0 Å². The van der Waals surface area contributed by atoms with Crippen molar-refractivity contribution in [2.75, 3.05) is 31.8 Å². The molecule has 0 fully saturated rings. The van der Waals surface area contributed by atoms with Crippen LogP contribution in [0.25, 0.3) is 0 Å². The number of amides is 1. The highest BCUT2D eigenvalue weighted by Gasteiger charge is 2.20. The van der Waals surface area contributed by atoms with Crippen LogP contribution in [0, 0.1) is 0 Å². The number of hydrogen-bond donors (Lipinski definition) is 1. The van der Waals surface area contributed by atoms with E-state index in [4.69, 9.17) is 9.47 Å². The van der Waals surface area contributed by atoms with Crippen LogP contribution >= 0.6 is 0 Å². The first-order valence-corrected chi connectivity index (χ1v) is 6.35. The Morgan fingerprint density at radius 1 is 1.25 bits per heavy atom. The van der Waals surface area contributed by atoms with Crippen LogP contribution in [0.3, 0.4) is 0 Å². The van der Waals surface area contributed by atoms with Crippen LogP contribution in [0.15, 0.2) is 18.2 Å². The SMILES string of the molecule is CCOCC(=O)N(C)c1cc(O)ccc1C(=O)OCC. The van der Waals surface area contributed by atoms with Crippen LogP contribution in [0.1, 0.15) is 24.2 Å². The predicted octanol–water partition coefficient (Wildman–Crippen LogP) is 1.57. The van der Waals surface area contributed by atoms with E-state index in [2.05, 4.69) is 0 Å². The number of ether oxygens (including phenoxy) is 2. The molecule has 1 aromatic carbocycles. The number of nitrogens with zero attached hydrogens (tertiary/aromatic N) is 1. The minimum Gasteiger partial charge on any atom is -0.508 e. The minimum absolute atomic E-state index is 0.0379. The lowest BCUT2D eigenvalue weighted by Crippen LogP contribution is -2.31. The van der Waals surface area contributed by atoms with Crippen molar-refractivity contribution in [1.29, 1.82) is 0 Å². The number of rotatable bonds is 6. The molecule has 0 aliphatic heterocycles. The number of hydrogen-bond acceptors (Lipinski definition) is 5. The van der Waals surface area contributed by atoms with Gasteiger partial charge in [0.15, 0.2) is 0 Å². The standard InChI is InChI=1S/C14H19NO5/c1-4-19-9-13(17)15(3)12-8-10(16)6-7-11(12)14(18)20-5-2/h6-8,16H,4-5,9H2,1-3H3. The zero-order valence-corrected chi connectivity index (χ0v) is 11.9. The number of benzene rings is 1. The van der Waals surface area contributed by atoms with E-state index in [1.165, 1.54) is 30.1 Å². The summed E-state index contributed by atoms with van der Waals surface area (Å²) >= 11 is 0. The molecule has 0 unspecified atom stereocenters. The van der Waals surface area contributed by atoms with Gasteiger partial charge in [0, 0.05) is 19.7 Å². The molecule has 1 rings (SSSR count). The molecule has 0 bridgehead atoms. The number of carbonyl (C=O) groups excluding carboxylic acids is 2. The van der Waals surface area contributed by atoms with Crippen molar-refractivity contribution < 1.29 is 24.2 Å². The second-order valence-corrected chi connectivity index (χ2v) is 4.01. The summed E-state index contributed by atoms with van der Waals surface area (Å²) in [5.41, 5.74) is 0.505. The third kappa shape index (κ3) is 3.96. The van der Waals surface area contributed by atoms with Gasteiger partial charge in [0.2, 0.25) is 0 Å². The normalized spacial score (nSPS) is 10.2. The van der Waals surface area contributed by atoms with Crippen LogP contribution in [-0.2, 0) is 14.3 Å². The van der Waals surface area contributed by atoms with Crippen molar-refractivity contribution in [1.82, 2.24) is 0 Å². The number of carbonyl (C=O) groups is 2. The summed E-state index contributed by atoms with van der Waals surface area (Å²) in [6.45, 7) is 4.04. The van der Waals surface area contributed by atoms with E-state index in [0.29, 0.717) is 6.61 Å². The van der Waals surface area contributed by atoms with Gasteiger partial charge in [-0.2, -0.15) is 0 Å². The highest BCUT2D eigenvalue weighted by Crippen LogP contribution is 2.25. The van der Waals surface area contributed by atoms with Crippen LogP contribution in [0.5, 0.6) is 5.75 Å². The Kier molecular flexibility index (Phi) is 5.99. The third-order valence-corrected chi connectivity index (χ3v) is 2.64. The second-order valence-electron chi connectivity index (χ2n) is 4.01. The maximum absolute atomic E-state index is 11.9. The summed E-state index contributed by atoms with van der Waals surface area (Å²) in [6, 6.07) is 4.14. The molecule has 20 heavy (non-hydrogen) atoms. The largest absolute Gasteiger partial charge is 0.508 e. The monoisotopic (exact) mass is 281 g/mol. The van der Waals surface area contributed by atoms with Gasteiger partial charge in [0.25, 0.3) is 5.91 Å². The van der Waals surface area contributed by atoms with E-state index in [9.17, 15) is 14.7 Å². The lowest BCUT2D eigenvalue weighted by molar-refractivity contribution is -0.122. The molecule has 0 aromatic heterocycles. The van der Waals surface area contributed by atoms with Crippen molar-refractivity contribution in [2.45, 2.75) is 13.8 Å². The number of likely N-dealkylation sites (N-methyl/N-ethyl adjacent to an activating group) is 1. The van der Waals surface area contributed by atoms with Gasteiger partial charge in [0.1, 0.15) is 12.4 Å². The summed E-state index contributed by atoms with van der Waals surface area (Å²) in [5, 5.41) is 9.53. The van der Waals surface area contributed by atoms with E-state index < -0.39 is 5.97 Å². The average Bonchev–Trinajstić information content (AvgIpc) is 2.43. The van der Waals surface area contributed by atoms with Crippen LogP contribution in [0.2, 0.25) is 0 Å². The lowest BCUT2D eigenvalue weighted by Gasteiger charge is -2.20. The molecule has 0 saturated heterocycles. The van der Waals surface area contributed by atoms with Gasteiger partial charge in [-0.1, -0.05) is 0 Å². The zero-order valence-electron chi connectivity index (χ0n) is 11.9. The first kappa shape index (κ1) is 16.0. The minimum atomic E-state index is -0.543. The van der Waals surface area contributed by atoms with Crippen molar-refractivity contribution in [2.24, 2.45) is 0 Å². The first-order chi connectivity index (χ1) is 9.51. The molecule has 1 N–H and O–H groups in total. The lowest BCUT2D eigenvalue weighted by atomic mass is 10.1. The molecule has 110 valence electrons. The van der Waals surface area contributed by atoms with Gasteiger partial charge < -0.3 is 19.5 Å². The topological polar surface area (TPSA) is 76.1 Å². The first-order valence-electron chi connectivity index (χ1n) is 6.35. The molecule has 1 amide bonds. The molecule has 0 aliphatic rings. The molecule has 0 saturated carbocycles. The Morgan fingerprint density at radius 2 is 1.95 bits per heavy atom. The Hall–Kier alpha value is -2.08. The van der Waals surface area contributed by atoms with Gasteiger partial charge in [-0.15, -0.1) is 0 Å². The fourth-order valence-corrected chi connectivity index (χ4v) is 1.60. The van der Waals surface area contributed by atoms with Gasteiger partial charge in [0.05, 0.1) is 17.9 Å².